The van der Waals surface area contributed by atoms with Gasteiger partial charge in [-0.15, -0.1) is 0 Å². The summed E-state index contributed by atoms with van der Waals surface area (Å²) >= 11 is 0. The quantitative estimate of drug-likeness (QED) is 0.644. The first-order valence-corrected chi connectivity index (χ1v) is 9.49. The molecular weight excluding hydrogens is 290 g/mol. The molecule has 0 spiro atoms. The van der Waals surface area contributed by atoms with Gasteiger partial charge in [-0.25, -0.2) is 25.9 Å². The van der Waals surface area contributed by atoms with E-state index in [2.05, 4.69) is 4.72 Å². The van der Waals surface area contributed by atoms with E-state index >= 15 is 0 Å². The lowest BCUT2D eigenvalue weighted by Gasteiger charge is -2.24. The van der Waals surface area contributed by atoms with Gasteiger partial charge >= 0.3 is 0 Å². The third-order valence-electron chi connectivity index (χ3n) is 3.41. The number of nitrogens with one attached hydrogen (secondary N) is 1. The first-order chi connectivity index (χ1) is 8.68. The Bertz CT molecular complexity index is 487. The van der Waals surface area contributed by atoms with Crippen molar-refractivity contribution in [1.29, 1.82) is 0 Å². The summed E-state index contributed by atoms with van der Waals surface area (Å²) in [5.74, 6) is 0.0572. The van der Waals surface area contributed by atoms with Crippen LogP contribution in [0.2, 0.25) is 0 Å². The van der Waals surface area contributed by atoms with Gasteiger partial charge in [0.05, 0.1) is 11.5 Å². The maximum atomic E-state index is 11.7. The molecule has 1 saturated heterocycles. The fraction of sp³-hybridized carbons (Fsp3) is 1.00. The number of sulfonamides is 2. The van der Waals surface area contributed by atoms with E-state index in [1.807, 2.05) is 4.90 Å². The van der Waals surface area contributed by atoms with E-state index in [1.54, 1.807) is 0 Å². The van der Waals surface area contributed by atoms with Crippen molar-refractivity contribution >= 4 is 20.0 Å². The molecule has 1 atom stereocenters. The SMILES string of the molecule is CNS(=O)(=O)CC1CCCN1CCS(=O)(=O)N(C)C. The van der Waals surface area contributed by atoms with Crippen LogP contribution in [0.3, 0.4) is 0 Å². The number of nitrogens with zero attached hydrogens (tertiary/aromatic N) is 2. The molecule has 9 heteroatoms. The van der Waals surface area contributed by atoms with Crippen LogP contribution in [0, 0.1) is 0 Å². The summed E-state index contributed by atoms with van der Waals surface area (Å²) in [6.07, 6.45) is 1.70. The van der Waals surface area contributed by atoms with Crippen LogP contribution in [0.25, 0.3) is 0 Å². The Balaban J connectivity index is 2.59. The molecule has 0 bridgehead atoms. The van der Waals surface area contributed by atoms with Gasteiger partial charge in [-0.05, 0) is 26.4 Å². The smallest absolute Gasteiger partial charge is 0.214 e. The molecule has 114 valence electrons. The van der Waals surface area contributed by atoms with E-state index in [4.69, 9.17) is 0 Å². The molecule has 0 aromatic heterocycles. The average molecular weight is 313 g/mol. The summed E-state index contributed by atoms with van der Waals surface area (Å²) in [7, 11) is -2.09. The molecule has 0 aromatic carbocycles. The topological polar surface area (TPSA) is 86.8 Å². The minimum Gasteiger partial charge on any atom is -0.298 e. The van der Waals surface area contributed by atoms with Gasteiger partial charge in [0.25, 0.3) is 0 Å². The predicted octanol–water partition coefficient (Wildman–Crippen LogP) is -1.11. The van der Waals surface area contributed by atoms with Crippen LogP contribution in [0.1, 0.15) is 12.8 Å². The van der Waals surface area contributed by atoms with E-state index in [1.165, 1.54) is 25.4 Å². The zero-order valence-electron chi connectivity index (χ0n) is 11.7. The lowest BCUT2D eigenvalue weighted by Crippen LogP contribution is -2.41. The fourth-order valence-electron chi connectivity index (χ4n) is 2.13. The summed E-state index contributed by atoms with van der Waals surface area (Å²) in [5, 5.41) is 0. The Kier molecular flexibility index (Phi) is 5.75. The van der Waals surface area contributed by atoms with Crippen molar-refractivity contribution in [2.75, 3.05) is 45.7 Å². The van der Waals surface area contributed by atoms with Crippen molar-refractivity contribution in [2.24, 2.45) is 0 Å². The van der Waals surface area contributed by atoms with Crippen LogP contribution in [-0.4, -0.2) is 77.8 Å². The summed E-state index contributed by atoms with van der Waals surface area (Å²) in [6, 6.07) is -0.0881. The lowest BCUT2D eigenvalue weighted by molar-refractivity contribution is 0.284. The first kappa shape index (κ1) is 16.8. The van der Waals surface area contributed by atoms with Gasteiger partial charge in [-0.1, -0.05) is 0 Å². The molecule has 0 saturated carbocycles. The van der Waals surface area contributed by atoms with Crippen molar-refractivity contribution in [3.8, 4) is 0 Å². The highest BCUT2D eigenvalue weighted by Crippen LogP contribution is 2.18. The molecule has 0 aliphatic carbocycles. The molecule has 19 heavy (non-hydrogen) atoms. The third kappa shape index (κ3) is 4.99. The second-order valence-electron chi connectivity index (χ2n) is 4.92. The van der Waals surface area contributed by atoms with Crippen LogP contribution in [0.15, 0.2) is 0 Å². The molecule has 1 unspecified atom stereocenters. The zero-order chi connectivity index (χ0) is 14.7. The summed E-state index contributed by atoms with van der Waals surface area (Å²) in [4.78, 5) is 1.95. The van der Waals surface area contributed by atoms with Gasteiger partial charge in [0.1, 0.15) is 0 Å². The summed E-state index contributed by atoms with van der Waals surface area (Å²) in [5.41, 5.74) is 0. The Morgan fingerprint density at radius 3 is 2.42 bits per heavy atom. The van der Waals surface area contributed by atoms with E-state index in [9.17, 15) is 16.8 Å². The Labute approximate surface area is 116 Å². The van der Waals surface area contributed by atoms with Gasteiger partial charge in [0, 0.05) is 26.7 Å². The summed E-state index contributed by atoms with van der Waals surface area (Å²) < 4.78 is 50.0. The minimum atomic E-state index is -3.26. The highest BCUT2D eigenvalue weighted by Gasteiger charge is 2.29. The highest BCUT2D eigenvalue weighted by atomic mass is 32.2. The Morgan fingerprint density at radius 1 is 1.26 bits per heavy atom. The van der Waals surface area contributed by atoms with Crippen LogP contribution < -0.4 is 4.72 Å². The first-order valence-electron chi connectivity index (χ1n) is 6.23. The van der Waals surface area contributed by atoms with Crippen molar-refractivity contribution in [3.63, 3.8) is 0 Å². The second kappa shape index (κ2) is 6.49. The maximum absolute atomic E-state index is 11.7. The van der Waals surface area contributed by atoms with Crippen molar-refractivity contribution in [2.45, 2.75) is 18.9 Å². The predicted molar refractivity (Wildman–Crippen MR) is 74.9 cm³/mol. The molecule has 1 fully saturated rings. The monoisotopic (exact) mass is 313 g/mol. The molecule has 0 amide bonds. The zero-order valence-corrected chi connectivity index (χ0v) is 13.3. The van der Waals surface area contributed by atoms with Crippen LogP contribution in [0.4, 0.5) is 0 Å². The summed E-state index contributed by atoms with van der Waals surface area (Å²) in [6.45, 7) is 1.14. The van der Waals surface area contributed by atoms with Gasteiger partial charge in [0.2, 0.25) is 20.0 Å². The van der Waals surface area contributed by atoms with Crippen molar-refractivity contribution in [1.82, 2.24) is 13.9 Å². The van der Waals surface area contributed by atoms with Crippen LogP contribution >= 0.6 is 0 Å². The fourth-order valence-corrected chi connectivity index (χ4v) is 4.01. The molecule has 1 N–H and O–H groups in total. The van der Waals surface area contributed by atoms with E-state index < -0.39 is 20.0 Å². The molecule has 1 aliphatic rings. The molecular formula is C10H23N3O4S2. The number of rotatable bonds is 7. The molecule has 1 aliphatic heterocycles. The molecule has 1 heterocycles. The number of likely N-dealkylation sites (tertiary alicyclic amines) is 1. The van der Waals surface area contributed by atoms with Gasteiger partial charge in [-0.3, -0.25) is 4.90 Å². The second-order valence-corrected chi connectivity index (χ2v) is 9.19. The van der Waals surface area contributed by atoms with E-state index in [0.29, 0.717) is 6.54 Å². The van der Waals surface area contributed by atoms with E-state index in [0.717, 1.165) is 19.4 Å². The van der Waals surface area contributed by atoms with E-state index in [-0.39, 0.29) is 17.5 Å². The van der Waals surface area contributed by atoms with Crippen LogP contribution in [-0.2, 0) is 20.0 Å². The van der Waals surface area contributed by atoms with Gasteiger partial charge < -0.3 is 0 Å². The normalized spacial score (nSPS) is 22.2. The largest absolute Gasteiger partial charge is 0.298 e. The highest BCUT2D eigenvalue weighted by molar-refractivity contribution is 7.89. The molecule has 1 rings (SSSR count). The van der Waals surface area contributed by atoms with Gasteiger partial charge in [0.15, 0.2) is 0 Å². The van der Waals surface area contributed by atoms with Crippen LogP contribution in [0.5, 0.6) is 0 Å². The minimum absolute atomic E-state index is 0.0239. The molecule has 7 nitrogen and oxygen atoms in total. The van der Waals surface area contributed by atoms with Gasteiger partial charge in [-0.2, -0.15) is 0 Å². The maximum Gasteiger partial charge on any atom is 0.214 e. The Hall–Kier alpha value is -0.220. The third-order valence-corrected chi connectivity index (χ3v) is 6.67. The number of hydrogen-bond acceptors (Lipinski definition) is 5. The number of hydrogen-bond donors (Lipinski definition) is 1. The van der Waals surface area contributed by atoms with Crippen molar-refractivity contribution < 1.29 is 16.8 Å². The average Bonchev–Trinajstić information content (AvgIpc) is 2.73. The lowest BCUT2D eigenvalue weighted by atomic mass is 10.2. The van der Waals surface area contributed by atoms with Crippen molar-refractivity contribution in [3.05, 3.63) is 0 Å². The molecule has 0 radical (unpaired) electrons. The Morgan fingerprint density at radius 2 is 1.89 bits per heavy atom. The standard InChI is InChI=1S/C10H23N3O4S2/c1-11-18(14,15)9-10-5-4-6-13(10)7-8-19(16,17)12(2)3/h10-11H,4-9H2,1-3H3. The molecule has 0 aromatic rings.